The van der Waals surface area contributed by atoms with E-state index in [1.807, 2.05) is 11.8 Å². The first-order chi connectivity index (χ1) is 9.35. The molecule has 1 unspecified atom stereocenters. The van der Waals surface area contributed by atoms with E-state index in [1.54, 1.807) is 0 Å². The molecule has 3 nitrogen and oxygen atoms in total. The fourth-order valence-corrected chi connectivity index (χ4v) is 4.89. The zero-order valence-electron chi connectivity index (χ0n) is 11.6. The van der Waals surface area contributed by atoms with Crippen molar-refractivity contribution in [3.63, 3.8) is 0 Å². The molecule has 3 rings (SSSR count). The first kappa shape index (κ1) is 14.2. The topological polar surface area (TPSA) is 18.8 Å². The number of likely N-dealkylation sites (tertiary alicyclic amines) is 2. The Morgan fingerprint density at radius 1 is 1.16 bits per heavy atom. The van der Waals surface area contributed by atoms with Crippen LogP contribution < -0.4 is 0 Å². The molecule has 2 fully saturated rings. The van der Waals surface area contributed by atoms with Gasteiger partial charge in [0.25, 0.3) is 0 Å². The van der Waals surface area contributed by atoms with Gasteiger partial charge in [0.05, 0.1) is 6.54 Å². The van der Waals surface area contributed by atoms with Gasteiger partial charge in [-0.2, -0.15) is 0 Å². The zero-order valence-corrected chi connectivity index (χ0v) is 14.0. The molecule has 2 saturated heterocycles. The maximum atomic E-state index is 4.71. The molecule has 5 heteroatoms. The third-order valence-corrected chi connectivity index (χ3v) is 6.93. The lowest BCUT2D eigenvalue weighted by atomic mass is 9.96. The summed E-state index contributed by atoms with van der Waals surface area (Å²) in [6, 6.07) is 0. The van der Waals surface area contributed by atoms with E-state index in [0.29, 0.717) is 5.25 Å². The van der Waals surface area contributed by atoms with E-state index in [4.69, 9.17) is 4.99 Å². The van der Waals surface area contributed by atoms with E-state index in [-0.39, 0.29) is 0 Å². The number of rotatable bonds is 3. The molecule has 0 N–H and O–H groups in total. The fourth-order valence-electron chi connectivity index (χ4n) is 3.30. The van der Waals surface area contributed by atoms with E-state index < -0.39 is 0 Å². The zero-order chi connectivity index (χ0) is 13.1. The molecule has 0 aromatic rings. The molecule has 0 radical (unpaired) electrons. The summed E-state index contributed by atoms with van der Waals surface area (Å²) in [5.74, 6) is 0.924. The molecule has 0 saturated carbocycles. The van der Waals surface area contributed by atoms with Crippen molar-refractivity contribution in [2.75, 3.05) is 44.6 Å². The standard InChI is InChI=1S/C14H24BrN3S/c15-9-13-10-16-14(19-13)18-7-3-12(4-8-18)11-17-5-1-2-6-17/h12-13H,1-11H2. The highest BCUT2D eigenvalue weighted by Gasteiger charge is 2.28. The minimum Gasteiger partial charge on any atom is -0.351 e. The second kappa shape index (κ2) is 6.81. The highest BCUT2D eigenvalue weighted by molar-refractivity contribution is 9.09. The highest BCUT2D eigenvalue weighted by atomic mass is 79.9. The van der Waals surface area contributed by atoms with Crippen LogP contribution in [0.25, 0.3) is 0 Å². The second-order valence-corrected chi connectivity index (χ2v) is 7.87. The van der Waals surface area contributed by atoms with Gasteiger partial charge < -0.3 is 9.80 Å². The van der Waals surface area contributed by atoms with Crippen molar-refractivity contribution in [2.24, 2.45) is 10.9 Å². The molecule has 3 aliphatic heterocycles. The van der Waals surface area contributed by atoms with Gasteiger partial charge in [-0.05, 0) is 44.7 Å². The smallest absolute Gasteiger partial charge is 0.159 e. The van der Waals surface area contributed by atoms with E-state index >= 15 is 0 Å². The number of aliphatic imine (C=N–C) groups is 1. The Bertz CT molecular complexity index is 323. The number of hydrogen-bond donors (Lipinski definition) is 0. The van der Waals surface area contributed by atoms with E-state index in [0.717, 1.165) is 17.8 Å². The van der Waals surface area contributed by atoms with Gasteiger partial charge >= 0.3 is 0 Å². The normalized spacial score (nSPS) is 30.1. The fraction of sp³-hybridized carbons (Fsp3) is 0.929. The summed E-state index contributed by atoms with van der Waals surface area (Å²) in [6.07, 6.45) is 5.55. The van der Waals surface area contributed by atoms with E-state index in [1.165, 1.54) is 63.6 Å². The lowest BCUT2D eigenvalue weighted by Gasteiger charge is -2.34. The van der Waals surface area contributed by atoms with Crippen molar-refractivity contribution in [2.45, 2.75) is 30.9 Å². The van der Waals surface area contributed by atoms with E-state index in [2.05, 4.69) is 25.7 Å². The molecule has 3 aliphatic rings. The van der Waals surface area contributed by atoms with Crippen LogP contribution in [0.5, 0.6) is 0 Å². The molecule has 0 aromatic heterocycles. The number of halogens is 1. The van der Waals surface area contributed by atoms with Crippen LogP contribution in [0, 0.1) is 5.92 Å². The highest BCUT2D eigenvalue weighted by Crippen LogP contribution is 2.28. The van der Waals surface area contributed by atoms with Crippen molar-refractivity contribution in [1.82, 2.24) is 9.80 Å². The van der Waals surface area contributed by atoms with Gasteiger partial charge in [0.2, 0.25) is 0 Å². The molecule has 0 bridgehead atoms. The van der Waals surface area contributed by atoms with Crippen molar-refractivity contribution < 1.29 is 0 Å². The molecule has 19 heavy (non-hydrogen) atoms. The number of hydrogen-bond acceptors (Lipinski definition) is 4. The van der Waals surface area contributed by atoms with Crippen LogP contribution in [0.2, 0.25) is 0 Å². The summed E-state index contributed by atoms with van der Waals surface area (Å²) < 4.78 is 0. The number of alkyl halides is 1. The molecule has 0 aliphatic carbocycles. The van der Waals surface area contributed by atoms with Crippen molar-refractivity contribution in [3.05, 3.63) is 0 Å². The Balaban J connectivity index is 1.42. The SMILES string of the molecule is BrCC1CN=C(N2CCC(CN3CCCC3)CC2)S1. The molecular weight excluding hydrogens is 322 g/mol. The molecule has 1 atom stereocenters. The molecule has 0 aromatic carbocycles. The molecule has 3 heterocycles. The summed E-state index contributed by atoms with van der Waals surface area (Å²) in [6.45, 7) is 7.47. The average molecular weight is 346 g/mol. The first-order valence-corrected chi connectivity index (χ1v) is 9.59. The quantitative estimate of drug-likeness (QED) is 0.733. The summed E-state index contributed by atoms with van der Waals surface area (Å²) in [4.78, 5) is 9.90. The van der Waals surface area contributed by atoms with Gasteiger partial charge in [0.1, 0.15) is 0 Å². The summed E-state index contributed by atoms with van der Waals surface area (Å²) in [5, 5.41) is 3.04. The van der Waals surface area contributed by atoms with Crippen LogP contribution >= 0.6 is 27.7 Å². The predicted molar refractivity (Wildman–Crippen MR) is 87.4 cm³/mol. The largest absolute Gasteiger partial charge is 0.351 e. The lowest BCUT2D eigenvalue weighted by molar-refractivity contribution is 0.202. The maximum Gasteiger partial charge on any atom is 0.159 e. The Hall–Kier alpha value is 0.260. The van der Waals surface area contributed by atoms with E-state index in [9.17, 15) is 0 Å². The number of nitrogens with zero attached hydrogens (tertiary/aromatic N) is 3. The third-order valence-electron chi connectivity index (χ3n) is 4.47. The predicted octanol–water partition coefficient (Wildman–Crippen LogP) is 2.66. The van der Waals surface area contributed by atoms with Crippen LogP contribution in [0.3, 0.4) is 0 Å². The van der Waals surface area contributed by atoms with Crippen molar-refractivity contribution >= 4 is 32.9 Å². The Morgan fingerprint density at radius 2 is 1.89 bits per heavy atom. The summed E-state index contributed by atoms with van der Waals surface area (Å²) in [7, 11) is 0. The van der Waals surface area contributed by atoms with Gasteiger partial charge in [-0.3, -0.25) is 4.99 Å². The van der Waals surface area contributed by atoms with Gasteiger partial charge in [0.15, 0.2) is 5.17 Å². The number of thioether (sulfide) groups is 1. The maximum absolute atomic E-state index is 4.71. The summed E-state index contributed by atoms with van der Waals surface area (Å²) in [5.41, 5.74) is 0. The minimum absolute atomic E-state index is 0.664. The van der Waals surface area contributed by atoms with Crippen LogP contribution in [0.1, 0.15) is 25.7 Å². The average Bonchev–Trinajstić information content (AvgIpc) is 3.10. The molecule has 0 amide bonds. The Morgan fingerprint density at radius 3 is 2.53 bits per heavy atom. The molecule has 0 spiro atoms. The number of amidine groups is 1. The Labute approximate surface area is 129 Å². The van der Waals surface area contributed by atoms with Gasteiger partial charge in [0, 0.05) is 30.2 Å². The monoisotopic (exact) mass is 345 g/mol. The first-order valence-electron chi connectivity index (χ1n) is 7.59. The Kier molecular flexibility index (Phi) is 5.09. The van der Waals surface area contributed by atoms with Crippen molar-refractivity contribution in [1.29, 1.82) is 0 Å². The van der Waals surface area contributed by atoms with Gasteiger partial charge in [-0.1, -0.05) is 27.7 Å². The molecular formula is C14H24BrN3S. The van der Waals surface area contributed by atoms with Gasteiger partial charge in [-0.15, -0.1) is 0 Å². The lowest BCUT2D eigenvalue weighted by Crippen LogP contribution is -2.40. The van der Waals surface area contributed by atoms with Gasteiger partial charge in [-0.25, -0.2) is 0 Å². The molecule has 108 valence electrons. The van der Waals surface area contributed by atoms with Crippen LogP contribution in [0.4, 0.5) is 0 Å². The van der Waals surface area contributed by atoms with Crippen molar-refractivity contribution in [3.8, 4) is 0 Å². The van der Waals surface area contributed by atoms with Crippen LogP contribution in [0.15, 0.2) is 4.99 Å². The number of piperidine rings is 1. The summed E-state index contributed by atoms with van der Waals surface area (Å²) >= 11 is 5.54. The third kappa shape index (κ3) is 3.67. The second-order valence-electron chi connectivity index (χ2n) is 5.96. The minimum atomic E-state index is 0.664. The van der Waals surface area contributed by atoms with Crippen LogP contribution in [-0.4, -0.2) is 64.8 Å². The van der Waals surface area contributed by atoms with Crippen LogP contribution in [-0.2, 0) is 0 Å².